The Hall–Kier alpha value is -1.63. The molecule has 0 aliphatic rings. The molecule has 0 atom stereocenters. The van der Waals surface area contributed by atoms with Crippen LogP contribution in [0.15, 0.2) is 16.9 Å². The Morgan fingerprint density at radius 3 is 2.75 bits per heavy atom. The van der Waals surface area contributed by atoms with Gasteiger partial charge in [0.25, 0.3) is 0 Å². The first-order chi connectivity index (χ1) is 7.50. The summed E-state index contributed by atoms with van der Waals surface area (Å²) in [5, 5.41) is 17.2. The third-order valence-electron chi connectivity index (χ3n) is 2.17. The molecule has 2 rings (SSSR count). The van der Waals surface area contributed by atoms with Crippen LogP contribution in [0.5, 0.6) is 0 Å². The van der Waals surface area contributed by atoms with E-state index in [9.17, 15) is 4.79 Å². The maximum Gasteiger partial charge on any atom is 0.341 e. The largest absolute Gasteiger partial charge is 0.477 e. The maximum absolute atomic E-state index is 11.1. The minimum atomic E-state index is -1.01. The Morgan fingerprint density at radius 2 is 2.25 bits per heavy atom. The zero-order valence-corrected chi connectivity index (χ0v) is 10.3. The van der Waals surface area contributed by atoms with Gasteiger partial charge in [-0.3, -0.25) is 0 Å². The summed E-state index contributed by atoms with van der Waals surface area (Å²) in [7, 11) is 1.68. The predicted molar refractivity (Wildman–Crippen MR) is 59.7 cm³/mol. The molecular weight excluding hydrogens is 276 g/mol. The first-order valence-electron chi connectivity index (χ1n) is 4.48. The van der Waals surface area contributed by atoms with Gasteiger partial charge < -0.3 is 5.11 Å². The van der Waals surface area contributed by atoms with Crippen LogP contribution in [0.3, 0.4) is 0 Å². The highest BCUT2D eigenvalue weighted by atomic mass is 79.9. The molecule has 0 aliphatic carbocycles. The summed E-state index contributed by atoms with van der Waals surface area (Å²) in [5.74, 6) is -0.567. The molecule has 6 nitrogen and oxygen atoms in total. The molecule has 0 radical (unpaired) electrons. The maximum atomic E-state index is 11.1. The number of carboxylic acid groups (broad SMARTS) is 1. The van der Waals surface area contributed by atoms with E-state index in [4.69, 9.17) is 5.11 Å². The minimum Gasteiger partial charge on any atom is -0.477 e. The number of aryl methyl sites for hydroxylation is 2. The van der Waals surface area contributed by atoms with E-state index in [1.807, 2.05) is 0 Å². The van der Waals surface area contributed by atoms with E-state index in [0.717, 1.165) is 4.47 Å². The van der Waals surface area contributed by atoms with Crippen LogP contribution in [0.25, 0.3) is 5.82 Å². The molecule has 0 unspecified atom stereocenters. The van der Waals surface area contributed by atoms with Gasteiger partial charge in [0.05, 0.1) is 16.4 Å². The van der Waals surface area contributed by atoms with Crippen molar-refractivity contribution in [3.63, 3.8) is 0 Å². The Bertz CT molecular complexity index is 558. The van der Waals surface area contributed by atoms with Crippen LogP contribution >= 0.6 is 15.9 Å². The minimum absolute atomic E-state index is 0.165. The average molecular weight is 285 g/mol. The lowest BCUT2D eigenvalue weighted by molar-refractivity contribution is 0.0696. The molecule has 0 saturated carbocycles. The lowest BCUT2D eigenvalue weighted by Crippen LogP contribution is -2.08. The molecule has 2 aromatic rings. The van der Waals surface area contributed by atoms with E-state index < -0.39 is 5.97 Å². The van der Waals surface area contributed by atoms with E-state index in [0.29, 0.717) is 11.5 Å². The molecule has 2 heterocycles. The Labute approximate surface area is 99.6 Å². The molecule has 0 spiro atoms. The van der Waals surface area contributed by atoms with Gasteiger partial charge in [0.15, 0.2) is 5.82 Å². The number of hydrogen-bond acceptors (Lipinski definition) is 3. The van der Waals surface area contributed by atoms with Crippen molar-refractivity contribution in [2.75, 3.05) is 0 Å². The van der Waals surface area contributed by atoms with Crippen LogP contribution in [0.1, 0.15) is 16.1 Å². The summed E-state index contributed by atoms with van der Waals surface area (Å²) in [5.41, 5.74) is 0.634. The van der Waals surface area contributed by atoms with Crippen molar-refractivity contribution < 1.29 is 9.90 Å². The molecule has 1 N–H and O–H groups in total. The summed E-state index contributed by atoms with van der Waals surface area (Å²) in [4.78, 5) is 11.1. The van der Waals surface area contributed by atoms with Crippen molar-refractivity contribution in [1.29, 1.82) is 0 Å². The summed E-state index contributed by atoms with van der Waals surface area (Å²) in [6, 6.07) is 0. The van der Waals surface area contributed by atoms with Crippen LogP contribution < -0.4 is 0 Å². The highest BCUT2D eigenvalue weighted by molar-refractivity contribution is 9.10. The number of aromatic nitrogens is 4. The fraction of sp³-hybridized carbons (Fsp3) is 0.222. The third-order valence-corrected chi connectivity index (χ3v) is 2.58. The SMILES string of the molecule is Cc1nn(C)c(-n2cc(Br)cn2)c1C(=O)O. The zero-order valence-electron chi connectivity index (χ0n) is 8.68. The molecule has 0 amide bonds. The van der Waals surface area contributed by atoms with Crippen molar-refractivity contribution in [2.45, 2.75) is 6.92 Å². The van der Waals surface area contributed by atoms with Crippen LogP contribution in [0, 0.1) is 6.92 Å². The number of aromatic carboxylic acids is 1. The summed E-state index contributed by atoms with van der Waals surface area (Å²) in [6.07, 6.45) is 3.27. The number of carboxylic acids is 1. The van der Waals surface area contributed by atoms with E-state index >= 15 is 0 Å². The second-order valence-electron chi connectivity index (χ2n) is 3.32. The first kappa shape index (κ1) is 10.9. The van der Waals surface area contributed by atoms with Gasteiger partial charge >= 0.3 is 5.97 Å². The number of carbonyl (C=O) groups is 1. The van der Waals surface area contributed by atoms with Crippen LogP contribution in [-0.2, 0) is 7.05 Å². The van der Waals surface area contributed by atoms with Gasteiger partial charge in [-0.25, -0.2) is 14.2 Å². The molecule has 0 bridgehead atoms. The lowest BCUT2D eigenvalue weighted by Gasteiger charge is -2.02. The van der Waals surface area contributed by atoms with Gasteiger partial charge in [-0.2, -0.15) is 10.2 Å². The van der Waals surface area contributed by atoms with Gasteiger partial charge in [0.1, 0.15) is 5.56 Å². The number of nitrogens with zero attached hydrogens (tertiary/aromatic N) is 4. The molecule has 0 fully saturated rings. The van der Waals surface area contributed by atoms with Crippen molar-refractivity contribution in [3.8, 4) is 5.82 Å². The topological polar surface area (TPSA) is 72.9 Å². The molecule has 16 heavy (non-hydrogen) atoms. The van der Waals surface area contributed by atoms with Crippen molar-refractivity contribution in [3.05, 3.63) is 28.1 Å². The highest BCUT2D eigenvalue weighted by Gasteiger charge is 2.21. The van der Waals surface area contributed by atoms with E-state index in [2.05, 4.69) is 26.1 Å². The Balaban J connectivity index is 2.68. The van der Waals surface area contributed by atoms with Gasteiger partial charge in [-0.1, -0.05) is 0 Å². The normalized spacial score (nSPS) is 10.7. The van der Waals surface area contributed by atoms with Gasteiger partial charge in [-0.15, -0.1) is 0 Å². The monoisotopic (exact) mass is 284 g/mol. The van der Waals surface area contributed by atoms with Crippen LogP contribution in [-0.4, -0.2) is 30.6 Å². The molecular formula is C9H9BrN4O2. The van der Waals surface area contributed by atoms with Crippen LogP contribution in [0.4, 0.5) is 0 Å². The molecule has 0 saturated heterocycles. The van der Waals surface area contributed by atoms with Gasteiger partial charge in [0, 0.05) is 13.2 Å². The fourth-order valence-electron chi connectivity index (χ4n) is 1.58. The Kier molecular flexibility index (Phi) is 2.55. The standard InChI is InChI=1S/C9H9BrN4O2/c1-5-7(9(15)16)8(13(2)12-5)14-4-6(10)3-11-14/h3-4H,1-2H3,(H,15,16). The number of halogens is 1. The smallest absolute Gasteiger partial charge is 0.341 e. The molecule has 0 aliphatic heterocycles. The van der Waals surface area contributed by atoms with Crippen molar-refractivity contribution in [2.24, 2.45) is 7.05 Å². The molecule has 7 heteroatoms. The van der Waals surface area contributed by atoms with E-state index in [1.165, 1.54) is 9.36 Å². The summed E-state index contributed by atoms with van der Waals surface area (Å²) < 4.78 is 3.76. The second kappa shape index (κ2) is 3.75. The number of hydrogen-bond donors (Lipinski definition) is 1. The van der Waals surface area contributed by atoms with Crippen molar-refractivity contribution >= 4 is 21.9 Å². The van der Waals surface area contributed by atoms with E-state index in [1.54, 1.807) is 26.4 Å². The van der Waals surface area contributed by atoms with Gasteiger partial charge in [-0.05, 0) is 22.9 Å². The Morgan fingerprint density at radius 1 is 1.56 bits per heavy atom. The lowest BCUT2D eigenvalue weighted by atomic mass is 10.2. The van der Waals surface area contributed by atoms with Crippen molar-refractivity contribution in [1.82, 2.24) is 19.6 Å². The zero-order chi connectivity index (χ0) is 11.9. The average Bonchev–Trinajstić information content (AvgIpc) is 2.69. The quantitative estimate of drug-likeness (QED) is 0.904. The van der Waals surface area contributed by atoms with Gasteiger partial charge in [0.2, 0.25) is 0 Å². The second-order valence-corrected chi connectivity index (χ2v) is 4.23. The predicted octanol–water partition coefficient (Wildman–Crippen LogP) is 1.37. The van der Waals surface area contributed by atoms with Crippen LogP contribution in [0.2, 0.25) is 0 Å². The molecule has 84 valence electrons. The summed E-state index contributed by atoms with van der Waals surface area (Å²) >= 11 is 3.26. The first-order valence-corrected chi connectivity index (χ1v) is 5.27. The molecule has 0 aromatic carbocycles. The number of rotatable bonds is 2. The fourth-order valence-corrected chi connectivity index (χ4v) is 1.86. The molecule has 2 aromatic heterocycles. The van der Waals surface area contributed by atoms with E-state index in [-0.39, 0.29) is 5.56 Å². The third kappa shape index (κ3) is 1.63. The highest BCUT2D eigenvalue weighted by Crippen LogP contribution is 2.19. The summed E-state index contributed by atoms with van der Waals surface area (Å²) in [6.45, 7) is 1.66.